The van der Waals surface area contributed by atoms with E-state index in [1.165, 1.54) is 91.2 Å². The van der Waals surface area contributed by atoms with Gasteiger partial charge in [0, 0.05) is 108 Å². The van der Waals surface area contributed by atoms with Gasteiger partial charge in [0.15, 0.2) is 0 Å². The van der Waals surface area contributed by atoms with Crippen molar-refractivity contribution in [3.63, 3.8) is 0 Å². The van der Waals surface area contributed by atoms with Gasteiger partial charge in [0.2, 0.25) is 53.2 Å². The summed E-state index contributed by atoms with van der Waals surface area (Å²) >= 11 is 2.99. The molecule has 0 spiro atoms. The molecule has 101 heavy (non-hydrogen) atoms. The van der Waals surface area contributed by atoms with Crippen LogP contribution in [0, 0.1) is 11.6 Å². The molecule has 0 radical (unpaired) electrons. The third kappa shape index (κ3) is 20.3. The van der Waals surface area contributed by atoms with Crippen molar-refractivity contribution >= 4 is 104 Å². The number of aliphatic carboxylic acids is 1. The largest absolute Gasteiger partial charge is 0.497 e. The number of benzene rings is 4. The molecule has 2 saturated heterocycles. The van der Waals surface area contributed by atoms with E-state index in [4.69, 9.17) is 16.0 Å². The molecule has 31 heteroatoms. The van der Waals surface area contributed by atoms with E-state index in [9.17, 15) is 38.3 Å². The van der Waals surface area contributed by atoms with Gasteiger partial charge in [0.1, 0.15) is 65.2 Å². The number of hydrogen-bond acceptors (Lipinski definition) is 15. The number of nitrogens with zero attached hydrogens (tertiary/aromatic N) is 5. The summed E-state index contributed by atoms with van der Waals surface area (Å²) < 4.78 is 35.4. The second kappa shape index (κ2) is 35.6. The number of carboxylic acid groups (broad SMARTS) is 1. The number of hydrogen-bond donors (Lipinski definition) is 11. The number of aryl methyl sites for hydroxylation is 1. The van der Waals surface area contributed by atoms with Crippen LogP contribution in [0.1, 0.15) is 99.5 Å². The number of carbonyl (C=O) groups is 10. The molecule has 6 aromatic rings. The molecular weight excluding hydrogens is 1340 g/mol. The SMILES string of the molecule is COc1ccc(C[C@@H]2NC(=O)[C@H](CCCC(=O)O)NC(=O)[C@H]3C[C@@H](N)CN3C(=O)[C@H](Cc3c[nH]c4ccc(F)cc34)NC(=O)[C@H](Cc3c[nH]c4ccc(F)cc34)NC(=O)[C@@H](C)NC(=O)[C@H](CCCN=[N+]=[N-])NC(=O)CCSCc3cccc(c3)CCSCNC(=O)[C@]3(C)CCCN3C2=O)cc1. The second-order valence-corrected chi connectivity index (χ2v) is 28.0. The first-order valence-corrected chi connectivity index (χ1v) is 35.9. The summed E-state index contributed by atoms with van der Waals surface area (Å²) in [6.07, 6.45) is 2.82. The molecule has 9 atom stereocenters. The van der Waals surface area contributed by atoms with Crippen LogP contribution in [0.3, 0.4) is 0 Å². The summed E-state index contributed by atoms with van der Waals surface area (Å²) in [6, 6.07) is 11.5. The molecule has 0 saturated carbocycles. The monoisotopic (exact) mass is 1430 g/mol. The molecule has 12 N–H and O–H groups in total. The summed E-state index contributed by atoms with van der Waals surface area (Å²) in [5, 5.41) is 33.5. The van der Waals surface area contributed by atoms with Gasteiger partial charge in [-0.3, -0.25) is 47.9 Å². The van der Waals surface area contributed by atoms with Crippen LogP contribution in [-0.2, 0) is 79.4 Å². The maximum Gasteiger partial charge on any atom is 0.303 e. The molecule has 0 aliphatic carbocycles. The maximum atomic E-state index is 15.6. The number of rotatable bonds is 15. The van der Waals surface area contributed by atoms with Gasteiger partial charge in [-0.05, 0) is 153 Å². The van der Waals surface area contributed by atoms with Gasteiger partial charge in [0.25, 0.3) is 0 Å². The third-order valence-corrected chi connectivity index (χ3v) is 20.3. The van der Waals surface area contributed by atoms with Crippen molar-refractivity contribution in [3.05, 3.63) is 147 Å². The van der Waals surface area contributed by atoms with Gasteiger partial charge in [-0.1, -0.05) is 41.5 Å². The van der Waals surface area contributed by atoms with Crippen LogP contribution >= 0.6 is 23.5 Å². The van der Waals surface area contributed by atoms with Crippen LogP contribution in [0.15, 0.2) is 102 Å². The van der Waals surface area contributed by atoms with Crippen molar-refractivity contribution in [1.82, 2.24) is 57.0 Å². The minimum Gasteiger partial charge on any atom is -0.497 e. The van der Waals surface area contributed by atoms with Crippen molar-refractivity contribution in [2.24, 2.45) is 10.8 Å². The van der Waals surface area contributed by atoms with Gasteiger partial charge in [-0.15, -0.1) is 11.8 Å². The highest BCUT2D eigenvalue weighted by molar-refractivity contribution is 7.99. The Bertz CT molecular complexity index is 4060. The topological polar surface area (TPSA) is 397 Å². The van der Waals surface area contributed by atoms with Gasteiger partial charge in [-0.25, -0.2) is 8.78 Å². The Hall–Kier alpha value is -9.71. The summed E-state index contributed by atoms with van der Waals surface area (Å²) in [6.45, 7) is 2.89. The van der Waals surface area contributed by atoms with E-state index in [0.29, 0.717) is 80.8 Å². The number of thioether (sulfide) groups is 2. The Morgan fingerprint density at radius 1 is 0.713 bits per heavy atom. The summed E-state index contributed by atoms with van der Waals surface area (Å²) in [7, 11) is 1.49. The highest BCUT2D eigenvalue weighted by Crippen LogP contribution is 2.32. The van der Waals surface area contributed by atoms with E-state index >= 15 is 23.6 Å². The third-order valence-electron chi connectivity index (χ3n) is 18.4. The van der Waals surface area contributed by atoms with Gasteiger partial charge in [-0.2, -0.15) is 11.8 Å². The molecule has 2 aromatic heterocycles. The van der Waals surface area contributed by atoms with Crippen molar-refractivity contribution in [3.8, 4) is 5.75 Å². The smallest absolute Gasteiger partial charge is 0.303 e. The number of aromatic amines is 2. The fourth-order valence-electron chi connectivity index (χ4n) is 12.9. The molecule has 9 amide bonds. The lowest BCUT2D eigenvalue weighted by Crippen LogP contribution is -2.62. The van der Waals surface area contributed by atoms with E-state index in [-0.39, 0.29) is 83.3 Å². The van der Waals surface area contributed by atoms with E-state index in [2.05, 4.69) is 63.3 Å². The highest BCUT2D eigenvalue weighted by Gasteiger charge is 2.48. The predicted octanol–water partition coefficient (Wildman–Crippen LogP) is 5.23. The zero-order chi connectivity index (χ0) is 72.3. The zero-order valence-corrected chi connectivity index (χ0v) is 58.0. The van der Waals surface area contributed by atoms with Crippen LogP contribution in [0.25, 0.3) is 32.2 Å². The van der Waals surface area contributed by atoms with Crippen molar-refractivity contribution in [2.45, 2.75) is 157 Å². The number of azide groups is 1. The number of carboxylic acids is 1. The van der Waals surface area contributed by atoms with Crippen molar-refractivity contribution < 1.29 is 66.6 Å². The first-order valence-electron chi connectivity index (χ1n) is 33.6. The summed E-state index contributed by atoms with van der Waals surface area (Å²) in [4.78, 5) is 156. The molecule has 2 fully saturated rings. The molecule has 3 aliphatic heterocycles. The Labute approximate surface area is 590 Å². The predicted molar refractivity (Wildman–Crippen MR) is 376 cm³/mol. The number of halogens is 2. The number of ether oxygens (including phenoxy) is 1. The number of nitrogens with one attached hydrogen (secondary N) is 9. The number of H-pyrrole nitrogens is 2. The van der Waals surface area contributed by atoms with Crippen LogP contribution < -0.4 is 47.7 Å². The number of carbonyl (C=O) groups excluding carboxylic acids is 9. The number of nitrogens with two attached hydrogens (primary N) is 1. The van der Waals surface area contributed by atoms with E-state index in [1.807, 2.05) is 18.2 Å². The normalized spacial score (nSPS) is 24.0. The highest BCUT2D eigenvalue weighted by atomic mass is 32.2. The standard InChI is InChI=1S/C70H85F2N15O12S2/c1-40-62(91)82-56(30-44-35-75-52-19-15-46(71)32-50(44)52)65(94)84-58(31-45-36-76-53-20-16-47(72)33-51(45)53)67(96)86-37-48(73)34-59(86)66(95)81-55(10-5-12-61(89)90)64(93)83-57(29-42-13-17-49(99-3)18-14-42)68(97)87-25-7-23-70(87,2)69(98)77-39-101-26-21-41-8-4-9-43(28-41)38-100-27-22-60(88)80-54(63(92)79-40)11-6-24-78-85-74/h4,8-9,13-20,28,32-33,35-36,40,48,54-59,75-76H,5-7,10-12,21-27,29-31,34,37-39,73H2,1-3H3,(H,77,98)(H,79,92)(H,80,88)(H,81,95)(H,82,91)(H,83,93)(H,84,94)(H,89,90)/t40-,48-,54+,55+,56+,57+,58+,59-,70+/m1/s1. The minimum absolute atomic E-state index is 0.00552. The van der Waals surface area contributed by atoms with E-state index < -0.39 is 131 Å². The van der Waals surface area contributed by atoms with Crippen LogP contribution in [0.5, 0.6) is 5.75 Å². The number of aromatic nitrogens is 2. The van der Waals surface area contributed by atoms with Crippen molar-refractivity contribution in [1.29, 1.82) is 0 Å². The van der Waals surface area contributed by atoms with E-state index in [0.717, 1.165) is 16.0 Å². The molecule has 9 rings (SSSR count). The van der Waals surface area contributed by atoms with Crippen molar-refractivity contribution in [2.75, 3.05) is 44.1 Å². The molecule has 0 unspecified atom stereocenters. The average Bonchev–Trinajstić information content (AvgIpc) is 1.69. The number of fused-ring (bicyclic) bond motifs is 6. The second-order valence-electron chi connectivity index (χ2n) is 25.7. The molecule has 4 aromatic carbocycles. The molecule has 27 nitrogen and oxygen atoms in total. The lowest BCUT2D eigenvalue weighted by Gasteiger charge is -2.36. The number of amides is 9. The Kier molecular flexibility index (Phi) is 26.6. The van der Waals surface area contributed by atoms with Crippen LogP contribution in [0.2, 0.25) is 0 Å². The quantitative estimate of drug-likeness (QED) is 0.0271. The fourth-order valence-corrected chi connectivity index (χ4v) is 14.6. The molecular formula is C70H85F2N15O12S2. The Morgan fingerprint density at radius 2 is 1.32 bits per heavy atom. The van der Waals surface area contributed by atoms with Gasteiger partial charge < -0.3 is 72.6 Å². The van der Waals surface area contributed by atoms with Gasteiger partial charge >= 0.3 is 5.97 Å². The minimum atomic E-state index is -1.64. The van der Waals surface area contributed by atoms with Crippen LogP contribution in [0.4, 0.5) is 8.78 Å². The molecule has 2 bridgehead atoms. The lowest BCUT2D eigenvalue weighted by molar-refractivity contribution is -0.146. The Balaban J connectivity index is 1.06. The average molecular weight is 1430 g/mol. The molecule has 5 heterocycles. The summed E-state index contributed by atoms with van der Waals surface area (Å²) in [5.74, 6) is -6.94. The number of methoxy groups -OCH3 is 1. The summed E-state index contributed by atoms with van der Waals surface area (Å²) in [5.41, 5.74) is 18.5. The molecule has 538 valence electrons. The first-order chi connectivity index (χ1) is 48.5. The van der Waals surface area contributed by atoms with E-state index in [1.54, 1.807) is 31.2 Å². The lowest BCUT2D eigenvalue weighted by atomic mass is 9.95. The Morgan fingerprint density at radius 3 is 1.99 bits per heavy atom. The van der Waals surface area contributed by atoms with Gasteiger partial charge in [0.05, 0.1) is 13.0 Å². The van der Waals surface area contributed by atoms with Crippen LogP contribution in [-0.4, -0.2) is 182 Å². The first kappa shape index (κ1) is 75.5. The maximum absolute atomic E-state index is 15.6. The zero-order valence-electron chi connectivity index (χ0n) is 56.3. The fraction of sp³-hybridized carbons (Fsp3) is 0.457. The molecule has 3 aliphatic rings.